The molecule has 0 amide bonds. The average Bonchev–Trinajstić information content (AvgIpc) is 1.90. The van der Waals surface area contributed by atoms with Gasteiger partial charge in [-0.25, -0.2) is 4.79 Å². The van der Waals surface area contributed by atoms with Crippen LogP contribution in [-0.4, -0.2) is 36.6 Å². The van der Waals surface area contributed by atoms with Crippen LogP contribution in [-0.2, 0) is 4.79 Å². The number of carboxylic acids is 1. The van der Waals surface area contributed by atoms with Crippen LogP contribution in [0.15, 0.2) is 12.2 Å². The van der Waals surface area contributed by atoms with E-state index >= 15 is 0 Å². The van der Waals surface area contributed by atoms with Gasteiger partial charge in [0.2, 0.25) is 0 Å². The van der Waals surface area contributed by atoms with E-state index in [-0.39, 0.29) is 0 Å². The molecule has 0 unspecified atom stereocenters. The molecule has 0 aliphatic rings. The van der Waals surface area contributed by atoms with Crippen molar-refractivity contribution in [1.82, 2.24) is 4.90 Å². The van der Waals surface area contributed by atoms with E-state index in [0.717, 1.165) is 6.08 Å². The van der Waals surface area contributed by atoms with Crippen LogP contribution in [0.5, 0.6) is 0 Å². The van der Waals surface area contributed by atoms with E-state index in [0.29, 0.717) is 6.54 Å². The highest BCUT2D eigenvalue weighted by Crippen LogP contribution is 1.76. The molecule has 0 atom stereocenters. The first-order valence-corrected chi connectivity index (χ1v) is 3.67. The monoisotopic (exact) mass is 159 g/mol. The van der Waals surface area contributed by atoms with Gasteiger partial charge in [0.15, 0.2) is 0 Å². The maximum Gasteiger partial charge on any atom is 0.328 e. The van der Waals surface area contributed by atoms with Crippen molar-refractivity contribution in [3.05, 3.63) is 12.2 Å². The Kier molecular flexibility index (Phi) is 10.7. The van der Waals surface area contributed by atoms with Gasteiger partial charge in [0.25, 0.3) is 0 Å². The molecule has 66 valence electrons. The number of hydrogen-bond donors (Lipinski definition) is 1. The molecule has 0 heterocycles. The summed E-state index contributed by atoms with van der Waals surface area (Å²) in [4.78, 5) is 11.8. The standard InChI is InChI=1S/C6H11NO2.C2H6/c1-7(2)5-3-4-6(8)9;1-2/h3-4H,5H2,1-2H3,(H,8,9);1-2H3/b4-3+;. The van der Waals surface area contributed by atoms with E-state index in [9.17, 15) is 4.79 Å². The predicted octanol–water partition coefficient (Wildman–Crippen LogP) is 1.22. The summed E-state index contributed by atoms with van der Waals surface area (Å²) in [5.74, 6) is -0.892. The van der Waals surface area contributed by atoms with Crippen molar-refractivity contribution in [3.8, 4) is 0 Å². The first-order chi connectivity index (χ1) is 5.13. The summed E-state index contributed by atoms with van der Waals surface area (Å²) >= 11 is 0. The average molecular weight is 159 g/mol. The van der Waals surface area contributed by atoms with Gasteiger partial charge >= 0.3 is 5.97 Å². The quantitative estimate of drug-likeness (QED) is 0.629. The first kappa shape index (κ1) is 12.8. The van der Waals surface area contributed by atoms with E-state index in [2.05, 4.69) is 0 Å². The van der Waals surface area contributed by atoms with Crippen molar-refractivity contribution in [3.63, 3.8) is 0 Å². The lowest BCUT2D eigenvalue weighted by atomic mass is 10.5. The molecular formula is C8H17NO2. The van der Waals surface area contributed by atoms with Crippen LogP contribution in [0.3, 0.4) is 0 Å². The van der Waals surface area contributed by atoms with E-state index in [1.807, 2.05) is 32.8 Å². The molecular weight excluding hydrogens is 142 g/mol. The lowest BCUT2D eigenvalue weighted by molar-refractivity contribution is -0.131. The van der Waals surface area contributed by atoms with Crippen molar-refractivity contribution in [1.29, 1.82) is 0 Å². The fourth-order valence-electron chi connectivity index (χ4n) is 0.364. The Balaban J connectivity index is 0. The molecule has 0 radical (unpaired) electrons. The van der Waals surface area contributed by atoms with Gasteiger partial charge < -0.3 is 10.0 Å². The molecule has 0 bridgehead atoms. The van der Waals surface area contributed by atoms with Crippen molar-refractivity contribution in [2.45, 2.75) is 13.8 Å². The Morgan fingerprint density at radius 2 is 1.91 bits per heavy atom. The maximum atomic E-state index is 9.88. The van der Waals surface area contributed by atoms with Crippen LogP contribution in [0, 0.1) is 0 Å². The third-order valence-corrected chi connectivity index (χ3v) is 0.731. The molecule has 0 aliphatic heterocycles. The van der Waals surface area contributed by atoms with E-state index in [4.69, 9.17) is 5.11 Å². The maximum absolute atomic E-state index is 9.88. The van der Waals surface area contributed by atoms with Crippen LogP contribution in [0.2, 0.25) is 0 Å². The zero-order valence-electron chi connectivity index (χ0n) is 7.66. The molecule has 0 saturated carbocycles. The summed E-state index contributed by atoms with van der Waals surface area (Å²) < 4.78 is 0. The minimum absolute atomic E-state index is 0.673. The molecule has 0 aromatic heterocycles. The van der Waals surface area contributed by atoms with Gasteiger partial charge in [0, 0.05) is 12.6 Å². The molecule has 0 saturated heterocycles. The molecule has 0 spiro atoms. The topological polar surface area (TPSA) is 40.5 Å². The lowest BCUT2D eigenvalue weighted by Crippen LogP contribution is -2.10. The minimum atomic E-state index is -0.892. The second kappa shape index (κ2) is 9.17. The van der Waals surface area contributed by atoms with Crippen LogP contribution in [0.1, 0.15) is 13.8 Å². The Morgan fingerprint density at radius 3 is 2.18 bits per heavy atom. The number of carboxylic acid groups (broad SMARTS) is 1. The van der Waals surface area contributed by atoms with Crippen LogP contribution in [0.4, 0.5) is 0 Å². The third kappa shape index (κ3) is 17.6. The van der Waals surface area contributed by atoms with Gasteiger partial charge in [-0.05, 0) is 14.1 Å². The zero-order valence-corrected chi connectivity index (χ0v) is 7.66. The number of aliphatic carboxylic acids is 1. The van der Waals surface area contributed by atoms with Crippen molar-refractivity contribution >= 4 is 5.97 Å². The molecule has 1 N–H and O–H groups in total. The number of nitrogens with zero attached hydrogens (tertiary/aromatic N) is 1. The third-order valence-electron chi connectivity index (χ3n) is 0.731. The number of hydrogen-bond acceptors (Lipinski definition) is 2. The summed E-state index contributed by atoms with van der Waals surface area (Å²) in [6.45, 7) is 4.67. The molecule has 3 heteroatoms. The second-order valence-corrected chi connectivity index (χ2v) is 2.00. The van der Waals surface area contributed by atoms with Gasteiger partial charge in [0.05, 0.1) is 0 Å². The van der Waals surface area contributed by atoms with E-state index in [1.165, 1.54) is 0 Å². The van der Waals surface area contributed by atoms with Crippen molar-refractivity contribution < 1.29 is 9.90 Å². The molecule has 0 aromatic carbocycles. The molecule has 0 aromatic rings. The summed E-state index contributed by atoms with van der Waals surface area (Å²) in [6.07, 6.45) is 2.74. The number of rotatable bonds is 3. The predicted molar refractivity (Wildman–Crippen MR) is 46.7 cm³/mol. The lowest BCUT2D eigenvalue weighted by Gasteiger charge is -2.02. The Hall–Kier alpha value is -0.830. The fourth-order valence-corrected chi connectivity index (χ4v) is 0.364. The van der Waals surface area contributed by atoms with Crippen molar-refractivity contribution in [2.75, 3.05) is 20.6 Å². The smallest absolute Gasteiger partial charge is 0.328 e. The highest BCUT2D eigenvalue weighted by Gasteiger charge is 1.85. The van der Waals surface area contributed by atoms with E-state index in [1.54, 1.807) is 6.08 Å². The molecule has 0 aliphatic carbocycles. The minimum Gasteiger partial charge on any atom is -0.478 e. The van der Waals surface area contributed by atoms with Gasteiger partial charge in [-0.1, -0.05) is 19.9 Å². The highest BCUT2D eigenvalue weighted by molar-refractivity contribution is 5.79. The SMILES string of the molecule is CC.CN(C)C/C=C/C(=O)O. The summed E-state index contributed by atoms with van der Waals surface area (Å²) in [6, 6.07) is 0. The fraction of sp³-hybridized carbons (Fsp3) is 0.625. The molecule has 11 heavy (non-hydrogen) atoms. The number of likely N-dealkylation sites (N-methyl/N-ethyl adjacent to an activating group) is 1. The summed E-state index contributed by atoms with van der Waals surface area (Å²) in [5.41, 5.74) is 0. The van der Waals surface area contributed by atoms with Gasteiger partial charge in [-0.15, -0.1) is 0 Å². The Bertz CT molecular complexity index is 119. The Morgan fingerprint density at radius 1 is 1.45 bits per heavy atom. The van der Waals surface area contributed by atoms with Crippen LogP contribution in [0.25, 0.3) is 0 Å². The summed E-state index contributed by atoms with van der Waals surface area (Å²) in [5, 5.41) is 8.12. The van der Waals surface area contributed by atoms with E-state index < -0.39 is 5.97 Å². The van der Waals surface area contributed by atoms with Gasteiger partial charge in [0.1, 0.15) is 0 Å². The molecule has 0 fully saturated rings. The second-order valence-electron chi connectivity index (χ2n) is 2.00. The summed E-state index contributed by atoms with van der Waals surface area (Å²) in [7, 11) is 3.76. The first-order valence-electron chi connectivity index (χ1n) is 3.67. The van der Waals surface area contributed by atoms with Crippen LogP contribution >= 0.6 is 0 Å². The Labute approximate surface area is 68.3 Å². The zero-order chi connectivity index (χ0) is 9.28. The van der Waals surface area contributed by atoms with Gasteiger partial charge in [-0.3, -0.25) is 0 Å². The largest absolute Gasteiger partial charge is 0.478 e. The van der Waals surface area contributed by atoms with Gasteiger partial charge in [-0.2, -0.15) is 0 Å². The highest BCUT2D eigenvalue weighted by atomic mass is 16.4. The molecule has 3 nitrogen and oxygen atoms in total. The number of carbonyl (C=O) groups is 1. The molecule has 0 rings (SSSR count). The van der Waals surface area contributed by atoms with Crippen molar-refractivity contribution in [2.24, 2.45) is 0 Å². The van der Waals surface area contributed by atoms with Crippen LogP contribution < -0.4 is 0 Å². The normalized spacial score (nSPS) is 9.55.